The molecule has 144 valence electrons. The molecule has 0 aliphatic carbocycles. The molecule has 1 aromatic rings. The fraction of sp³-hybridized carbons (Fsp3) is 0.647. The summed E-state index contributed by atoms with van der Waals surface area (Å²) in [6.07, 6.45) is -0.968. The second-order valence-corrected chi connectivity index (χ2v) is 8.60. The molecule has 0 bridgehead atoms. The van der Waals surface area contributed by atoms with Gasteiger partial charge in [-0.1, -0.05) is 58.0 Å². The quantitative estimate of drug-likeness (QED) is 0.695. The van der Waals surface area contributed by atoms with Crippen LogP contribution in [0.15, 0.2) is 30.3 Å². The molecule has 0 amide bonds. The number of halogens is 3. The maximum Gasteiger partial charge on any atom is 0.511 e. The third kappa shape index (κ3) is 5.97. The summed E-state index contributed by atoms with van der Waals surface area (Å²) in [6, 6.07) is 9.16. The molecule has 0 spiro atoms. The lowest BCUT2D eigenvalue weighted by Crippen LogP contribution is -2.57. The Bertz CT molecular complexity index is 631. The standard InChI is InChI=1S/C17H27F3N2O2S/c1-12(2)14(5)22(11-15-9-7-6-8-10-15)16(13(3)4)21-25(23,24)17(18,19)20/h6-10,12-14,16,21H,11H2,1-5H3/t14-,16+/m0/s1. The molecule has 8 heteroatoms. The highest BCUT2D eigenvalue weighted by molar-refractivity contribution is 7.90. The van der Waals surface area contributed by atoms with E-state index in [0.717, 1.165) is 5.56 Å². The number of nitrogens with zero attached hydrogens (tertiary/aromatic N) is 1. The van der Waals surface area contributed by atoms with Crippen LogP contribution in [0.5, 0.6) is 0 Å². The smallest absolute Gasteiger partial charge is 0.280 e. The van der Waals surface area contributed by atoms with Crippen molar-refractivity contribution in [2.75, 3.05) is 0 Å². The largest absolute Gasteiger partial charge is 0.511 e. The van der Waals surface area contributed by atoms with Crippen LogP contribution in [0.25, 0.3) is 0 Å². The lowest BCUT2D eigenvalue weighted by molar-refractivity contribution is -0.0470. The van der Waals surface area contributed by atoms with Gasteiger partial charge in [0.05, 0.1) is 6.17 Å². The van der Waals surface area contributed by atoms with E-state index in [1.54, 1.807) is 18.7 Å². The molecule has 4 nitrogen and oxygen atoms in total. The molecule has 1 rings (SSSR count). The summed E-state index contributed by atoms with van der Waals surface area (Å²) in [5.41, 5.74) is -4.42. The van der Waals surface area contributed by atoms with E-state index >= 15 is 0 Å². The third-order valence-corrected chi connectivity index (χ3v) is 5.43. The summed E-state index contributed by atoms with van der Waals surface area (Å²) in [5.74, 6) is -0.206. The van der Waals surface area contributed by atoms with Gasteiger partial charge in [-0.3, -0.25) is 4.90 Å². The molecule has 1 N–H and O–H groups in total. The van der Waals surface area contributed by atoms with Gasteiger partial charge in [0.25, 0.3) is 0 Å². The Hall–Kier alpha value is -1.12. The normalized spacial score (nSPS) is 15.8. The van der Waals surface area contributed by atoms with E-state index < -0.39 is 21.7 Å². The van der Waals surface area contributed by atoms with Gasteiger partial charge in [0.1, 0.15) is 0 Å². The molecular formula is C17H27F3N2O2S. The molecular weight excluding hydrogens is 353 g/mol. The van der Waals surface area contributed by atoms with E-state index in [2.05, 4.69) is 0 Å². The summed E-state index contributed by atoms with van der Waals surface area (Å²) in [6.45, 7) is 9.56. The van der Waals surface area contributed by atoms with Crippen molar-refractivity contribution in [1.29, 1.82) is 0 Å². The van der Waals surface area contributed by atoms with Crippen LogP contribution in [0, 0.1) is 11.8 Å². The van der Waals surface area contributed by atoms with Gasteiger partial charge in [-0.2, -0.15) is 17.9 Å². The zero-order chi connectivity index (χ0) is 19.4. The molecule has 0 fully saturated rings. The zero-order valence-electron chi connectivity index (χ0n) is 15.2. The maximum absolute atomic E-state index is 12.8. The number of nitrogens with one attached hydrogen (secondary N) is 1. The molecule has 0 aromatic heterocycles. The number of hydrogen-bond acceptors (Lipinski definition) is 3. The summed E-state index contributed by atoms with van der Waals surface area (Å²) in [5, 5.41) is 0. The SMILES string of the molecule is CC(C)[C@H](C)N(Cc1ccccc1)[C@@H](NS(=O)(=O)C(F)(F)F)C(C)C. The van der Waals surface area contributed by atoms with E-state index in [1.165, 1.54) is 0 Å². The minimum Gasteiger partial charge on any atom is -0.280 e. The van der Waals surface area contributed by atoms with Gasteiger partial charge < -0.3 is 0 Å². The van der Waals surface area contributed by atoms with Crippen LogP contribution in [0.4, 0.5) is 13.2 Å². The number of benzene rings is 1. The molecule has 0 saturated carbocycles. The van der Waals surface area contributed by atoms with Crippen LogP contribution in [0.3, 0.4) is 0 Å². The van der Waals surface area contributed by atoms with E-state index in [-0.39, 0.29) is 17.9 Å². The van der Waals surface area contributed by atoms with Gasteiger partial charge in [-0.05, 0) is 24.3 Å². The van der Waals surface area contributed by atoms with Crippen LogP contribution in [-0.2, 0) is 16.6 Å². The van der Waals surface area contributed by atoms with Gasteiger partial charge in [0.15, 0.2) is 0 Å². The first-order valence-corrected chi connectivity index (χ1v) is 9.73. The van der Waals surface area contributed by atoms with Gasteiger partial charge in [0.2, 0.25) is 0 Å². The van der Waals surface area contributed by atoms with Crippen molar-refractivity contribution < 1.29 is 21.6 Å². The van der Waals surface area contributed by atoms with Crippen molar-refractivity contribution >= 4 is 10.0 Å². The van der Waals surface area contributed by atoms with Crippen LogP contribution >= 0.6 is 0 Å². The Morgan fingerprint density at radius 3 is 1.92 bits per heavy atom. The van der Waals surface area contributed by atoms with E-state index in [0.29, 0.717) is 6.54 Å². The Kier molecular flexibility index (Phi) is 7.46. The first-order valence-electron chi connectivity index (χ1n) is 8.25. The molecule has 0 unspecified atom stereocenters. The van der Waals surface area contributed by atoms with Gasteiger partial charge >= 0.3 is 15.5 Å². The van der Waals surface area contributed by atoms with E-state index in [4.69, 9.17) is 0 Å². The lowest BCUT2D eigenvalue weighted by Gasteiger charge is -2.40. The van der Waals surface area contributed by atoms with Crippen molar-refractivity contribution in [2.45, 2.75) is 58.9 Å². The van der Waals surface area contributed by atoms with Gasteiger partial charge in [-0.25, -0.2) is 8.42 Å². The van der Waals surface area contributed by atoms with Crippen molar-refractivity contribution in [3.05, 3.63) is 35.9 Å². The van der Waals surface area contributed by atoms with E-state index in [1.807, 2.05) is 55.8 Å². The molecule has 0 radical (unpaired) electrons. The topological polar surface area (TPSA) is 49.4 Å². The highest BCUT2D eigenvalue weighted by Crippen LogP contribution is 2.26. The predicted molar refractivity (Wildman–Crippen MR) is 93.0 cm³/mol. The fourth-order valence-electron chi connectivity index (χ4n) is 2.49. The average Bonchev–Trinajstić information content (AvgIpc) is 2.49. The Morgan fingerprint density at radius 2 is 1.52 bits per heavy atom. The van der Waals surface area contributed by atoms with E-state index in [9.17, 15) is 21.6 Å². The molecule has 0 aliphatic heterocycles. The van der Waals surface area contributed by atoms with Crippen molar-refractivity contribution in [2.24, 2.45) is 11.8 Å². The van der Waals surface area contributed by atoms with Crippen LogP contribution in [-0.4, -0.2) is 31.0 Å². The third-order valence-electron chi connectivity index (χ3n) is 4.27. The second kappa shape index (κ2) is 8.51. The minimum absolute atomic E-state index is 0.122. The van der Waals surface area contributed by atoms with Gasteiger partial charge in [0, 0.05) is 12.6 Å². The molecule has 0 aliphatic rings. The summed E-state index contributed by atoms with van der Waals surface area (Å²) < 4.78 is 63.7. The number of hydrogen-bond donors (Lipinski definition) is 1. The molecule has 1 aromatic carbocycles. The first kappa shape index (κ1) is 21.9. The predicted octanol–water partition coefficient (Wildman–Crippen LogP) is 3.95. The first-order chi connectivity index (χ1) is 11.4. The number of alkyl halides is 3. The average molecular weight is 380 g/mol. The van der Waals surface area contributed by atoms with Crippen LogP contribution in [0.1, 0.15) is 40.2 Å². The summed E-state index contributed by atoms with van der Waals surface area (Å²) >= 11 is 0. The molecule has 0 heterocycles. The van der Waals surface area contributed by atoms with Crippen LogP contribution in [0.2, 0.25) is 0 Å². The van der Waals surface area contributed by atoms with Crippen molar-refractivity contribution in [3.8, 4) is 0 Å². The highest BCUT2D eigenvalue weighted by atomic mass is 32.2. The molecule has 2 atom stereocenters. The zero-order valence-corrected chi connectivity index (χ0v) is 16.0. The van der Waals surface area contributed by atoms with Gasteiger partial charge in [-0.15, -0.1) is 0 Å². The summed E-state index contributed by atoms with van der Waals surface area (Å²) in [4.78, 5) is 1.79. The summed E-state index contributed by atoms with van der Waals surface area (Å²) in [7, 11) is -5.43. The molecule has 0 saturated heterocycles. The molecule has 25 heavy (non-hydrogen) atoms. The maximum atomic E-state index is 12.8. The minimum atomic E-state index is -5.43. The second-order valence-electron chi connectivity index (χ2n) is 6.90. The van der Waals surface area contributed by atoms with Crippen molar-refractivity contribution in [3.63, 3.8) is 0 Å². The monoisotopic (exact) mass is 380 g/mol. The number of sulfonamides is 1. The Balaban J connectivity index is 3.22. The lowest BCUT2D eigenvalue weighted by atomic mass is 10.00. The van der Waals surface area contributed by atoms with Crippen LogP contribution < -0.4 is 4.72 Å². The number of rotatable bonds is 8. The Morgan fingerprint density at radius 1 is 1.00 bits per heavy atom. The van der Waals surface area contributed by atoms with Crippen molar-refractivity contribution in [1.82, 2.24) is 9.62 Å². The highest BCUT2D eigenvalue weighted by Gasteiger charge is 2.48. The fourth-order valence-corrected chi connectivity index (χ4v) is 3.34. The Labute approximate surface area is 148 Å².